The van der Waals surface area contributed by atoms with Gasteiger partial charge in [-0.25, -0.2) is 0 Å². The van der Waals surface area contributed by atoms with Gasteiger partial charge >= 0.3 is 0 Å². The Bertz CT molecular complexity index is 689. The van der Waals surface area contributed by atoms with E-state index in [0.717, 1.165) is 5.56 Å². The number of carbonyl (C=O) groups excluding carboxylic acids is 1. The zero-order valence-corrected chi connectivity index (χ0v) is 12.9. The summed E-state index contributed by atoms with van der Waals surface area (Å²) in [7, 11) is 0. The SMILES string of the molecule is CC(Nc1c(Cl)cc(N)cc1C(N)=O)c1ccccc1Cl. The molecule has 1 atom stereocenters. The van der Waals surface area contributed by atoms with E-state index in [1.807, 2.05) is 25.1 Å². The van der Waals surface area contributed by atoms with Crippen LogP contribution in [0.4, 0.5) is 11.4 Å². The Hall–Kier alpha value is -1.91. The van der Waals surface area contributed by atoms with Crippen molar-refractivity contribution in [2.24, 2.45) is 5.73 Å². The van der Waals surface area contributed by atoms with E-state index in [0.29, 0.717) is 21.4 Å². The lowest BCUT2D eigenvalue weighted by Gasteiger charge is -2.20. The fourth-order valence-corrected chi connectivity index (χ4v) is 2.67. The monoisotopic (exact) mass is 323 g/mol. The van der Waals surface area contributed by atoms with Gasteiger partial charge in [-0.2, -0.15) is 0 Å². The summed E-state index contributed by atoms with van der Waals surface area (Å²) >= 11 is 12.3. The van der Waals surface area contributed by atoms with Crippen molar-refractivity contribution in [2.45, 2.75) is 13.0 Å². The summed E-state index contributed by atoms with van der Waals surface area (Å²) in [5.74, 6) is -0.599. The van der Waals surface area contributed by atoms with E-state index >= 15 is 0 Å². The van der Waals surface area contributed by atoms with Gasteiger partial charge in [-0.1, -0.05) is 41.4 Å². The second-order valence-corrected chi connectivity index (χ2v) is 5.49. The summed E-state index contributed by atoms with van der Waals surface area (Å²) in [5, 5.41) is 4.14. The summed E-state index contributed by atoms with van der Waals surface area (Å²) in [6, 6.07) is 10.3. The predicted molar refractivity (Wildman–Crippen MR) is 87.9 cm³/mol. The van der Waals surface area contributed by atoms with E-state index in [-0.39, 0.29) is 11.6 Å². The smallest absolute Gasteiger partial charge is 0.250 e. The summed E-state index contributed by atoms with van der Waals surface area (Å²) in [6.45, 7) is 1.92. The molecular weight excluding hydrogens is 309 g/mol. The van der Waals surface area contributed by atoms with E-state index in [1.54, 1.807) is 12.1 Å². The van der Waals surface area contributed by atoms with Crippen molar-refractivity contribution in [3.8, 4) is 0 Å². The van der Waals surface area contributed by atoms with Crippen molar-refractivity contribution < 1.29 is 4.79 Å². The van der Waals surface area contributed by atoms with Gasteiger partial charge in [0.15, 0.2) is 0 Å². The third-order valence-electron chi connectivity index (χ3n) is 3.11. The maximum absolute atomic E-state index is 11.6. The van der Waals surface area contributed by atoms with E-state index in [1.165, 1.54) is 6.07 Å². The first kappa shape index (κ1) is 15.5. The number of nitrogens with two attached hydrogens (primary N) is 2. The molecule has 1 amide bonds. The van der Waals surface area contributed by atoms with Crippen LogP contribution in [0.2, 0.25) is 10.0 Å². The molecule has 21 heavy (non-hydrogen) atoms. The molecular formula is C15H15Cl2N3O. The second-order valence-electron chi connectivity index (χ2n) is 4.68. The van der Waals surface area contributed by atoms with Gasteiger partial charge in [0.2, 0.25) is 0 Å². The number of carbonyl (C=O) groups is 1. The van der Waals surface area contributed by atoms with Gasteiger partial charge in [-0.15, -0.1) is 0 Å². The van der Waals surface area contributed by atoms with Crippen molar-refractivity contribution in [1.29, 1.82) is 0 Å². The molecule has 2 rings (SSSR count). The van der Waals surface area contributed by atoms with Crippen molar-refractivity contribution in [3.05, 3.63) is 57.6 Å². The Balaban J connectivity index is 2.40. The lowest BCUT2D eigenvalue weighted by Crippen LogP contribution is -2.17. The number of nitrogens with one attached hydrogen (secondary N) is 1. The molecule has 2 aromatic rings. The van der Waals surface area contributed by atoms with Gasteiger partial charge in [-0.3, -0.25) is 4.79 Å². The highest BCUT2D eigenvalue weighted by Gasteiger charge is 2.17. The van der Waals surface area contributed by atoms with E-state index < -0.39 is 5.91 Å². The highest BCUT2D eigenvalue weighted by molar-refractivity contribution is 6.34. The maximum atomic E-state index is 11.6. The number of nitrogen functional groups attached to an aromatic ring is 1. The highest BCUT2D eigenvalue weighted by Crippen LogP contribution is 2.33. The minimum Gasteiger partial charge on any atom is -0.399 e. The van der Waals surface area contributed by atoms with Crippen LogP contribution >= 0.6 is 23.2 Å². The van der Waals surface area contributed by atoms with Crippen LogP contribution in [0.1, 0.15) is 28.9 Å². The Kier molecular flexibility index (Phi) is 4.60. The normalized spacial score (nSPS) is 12.0. The molecule has 110 valence electrons. The van der Waals surface area contributed by atoms with Crippen LogP contribution in [0, 0.1) is 0 Å². The number of benzene rings is 2. The number of hydrogen-bond donors (Lipinski definition) is 3. The lowest BCUT2D eigenvalue weighted by atomic mass is 10.1. The molecule has 0 fully saturated rings. The van der Waals surface area contributed by atoms with Crippen LogP contribution in [-0.4, -0.2) is 5.91 Å². The molecule has 0 aliphatic heterocycles. The summed E-state index contributed by atoms with van der Waals surface area (Å²) < 4.78 is 0. The highest BCUT2D eigenvalue weighted by atomic mass is 35.5. The molecule has 0 saturated heterocycles. The Morgan fingerprint density at radius 1 is 1.19 bits per heavy atom. The molecule has 2 aromatic carbocycles. The van der Waals surface area contributed by atoms with Crippen LogP contribution in [0.15, 0.2) is 36.4 Å². The average Bonchev–Trinajstić information content (AvgIpc) is 2.41. The molecule has 1 unspecified atom stereocenters. The minimum absolute atomic E-state index is 0.155. The molecule has 0 aromatic heterocycles. The van der Waals surface area contributed by atoms with Crippen molar-refractivity contribution >= 4 is 40.5 Å². The molecule has 0 bridgehead atoms. The predicted octanol–water partition coefficient (Wildman–Crippen LogP) is 3.85. The molecule has 0 aliphatic rings. The Morgan fingerprint density at radius 3 is 2.48 bits per heavy atom. The third-order valence-corrected chi connectivity index (χ3v) is 3.75. The van der Waals surface area contributed by atoms with E-state index in [2.05, 4.69) is 5.32 Å². The first-order valence-electron chi connectivity index (χ1n) is 6.30. The Labute approximate surface area is 133 Å². The fourth-order valence-electron chi connectivity index (χ4n) is 2.09. The lowest BCUT2D eigenvalue weighted by molar-refractivity contribution is 0.100. The fraction of sp³-hybridized carbons (Fsp3) is 0.133. The molecule has 0 radical (unpaired) electrons. The number of primary amides is 1. The number of halogens is 2. The number of rotatable bonds is 4. The van der Waals surface area contributed by atoms with Gasteiger partial charge in [0, 0.05) is 10.7 Å². The molecule has 0 heterocycles. The molecule has 0 spiro atoms. The van der Waals surface area contributed by atoms with E-state index in [9.17, 15) is 4.79 Å². The van der Waals surface area contributed by atoms with Crippen LogP contribution in [0.5, 0.6) is 0 Å². The molecule has 0 saturated carbocycles. The average molecular weight is 324 g/mol. The van der Waals surface area contributed by atoms with Crippen LogP contribution in [0.3, 0.4) is 0 Å². The number of amides is 1. The second kappa shape index (κ2) is 6.24. The first-order valence-corrected chi connectivity index (χ1v) is 7.05. The molecule has 0 aliphatic carbocycles. The molecule has 4 nitrogen and oxygen atoms in total. The maximum Gasteiger partial charge on any atom is 0.250 e. The van der Waals surface area contributed by atoms with E-state index in [4.69, 9.17) is 34.7 Å². The Morgan fingerprint density at radius 2 is 1.86 bits per heavy atom. The zero-order valence-electron chi connectivity index (χ0n) is 11.4. The number of anilines is 2. The van der Waals surface area contributed by atoms with Crippen molar-refractivity contribution in [3.63, 3.8) is 0 Å². The van der Waals surface area contributed by atoms with Gasteiger partial charge in [-0.05, 0) is 30.7 Å². The quantitative estimate of drug-likeness (QED) is 0.747. The van der Waals surface area contributed by atoms with Gasteiger partial charge in [0.25, 0.3) is 5.91 Å². The van der Waals surface area contributed by atoms with Gasteiger partial charge < -0.3 is 16.8 Å². The topological polar surface area (TPSA) is 81.1 Å². The first-order chi connectivity index (χ1) is 9.90. The molecule has 6 heteroatoms. The van der Waals surface area contributed by atoms with Crippen LogP contribution in [-0.2, 0) is 0 Å². The third kappa shape index (κ3) is 3.40. The standard InChI is InChI=1S/C15H15Cl2N3O/c1-8(10-4-2-3-5-12(10)16)20-14-11(15(19)21)6-9(18)7-13(14)17/h2-8,20H,18H2,1H3,(H2,19,21). The van der Waals surface area contributed by atoms with Crippen LogP contribution in [0.25, 0.3) is 0 Å². The summed E-state index contributed by atoms with van der Waals surface area (Å²) in [5.41, 5.74) is 13.0. The van der Waals surface area contributed by atoms with Gasteiger partial charge in [0.1, 0.15) is 0 Å². The summed E-state index contributed by atoms with van der Waals surface area (Å²) in [4.78, 5) is 11.6. The van der Waals surface area contributed by atoms with Crippen molar-refractivity contribution in [2.75, 3.05) is 11.1 Å². The summed E-state index contributed by atoms with van der Waals surface area (Å²) in [6.07, 6.45) is 0. The zero-order chi connectivity index (χ0) is 15.6. The largest absolute Gasteiger partial charge is 0.399 e. The minimum atomic E-state index is -0.599. The number of hydrogen-bond acceptors (Lipinski definition) is 3. The van der Waals surface area contributed by atoms with Gasteiger partial charge in [0.05, 0.1) is 22.3 Å². The molecule has 5 N–H and O–H groups in total. The van der Waals surface area contributed by atoms with Crippen molar-refractivity contribution in [1.82, 2.24) is 0 Å². The van der Waals surface area contributed by atoms with Crippen LogP contribution < -0.4 is 16.8 Å².